The molecule has 0 saturated carbocycles. The van der Waals surface area contributed by atoms with Gasteiger partial charge < -0.3 is 21.0 Å². The molecule has 8 heteroatoms. The van der Waals surface area contributed by atoms with E-state index >= 15 is 0 Å². The lowest BCUT2D eigenvalue weighted by Crippen LogP contribution is -2.50. The van der Waals surface area contributed by atoms with Gasteiger partial charge in [-0.2, -0.15) is 0 Å². The van der Waals surface area contributed by atoms with Crippen LogP contribution in [0.5, 0.6) is 0 Å². The molecule has 1 amide bonds. The van der Waals surface area contributed by atoms with Gasteiger partial charge in [-0.15, -0.1) is 0 Å². The normalized spacial score (nSPS) is 18.3. The number of amides is 1. The molecule has 6 nitrogen and oxygen atoms in total. The van der Waals surface area contributed by atoms with Gasteiger partial charge in [0.25, 0.3) is 0 Å². The van der Waals surface area contributed by atoms with Crippen molar-refractivity contribution in [3.8, 4) is 0 Å². The maximum Gasteiger partial charge on any atom is 0.238 e. The number of rotatable bonds is 3. The van der Waals surface area contributed by atoms with E-state index in [0.717, 1.165) is 0 Å². The third-order valence-electron chi connectivity index (χ3n) is 3.56. The van der Waals surface area contributed by atoms with Crippen molar-refractivity contribution in [2.24, 2.45) is 16.3 Å². The van der Waals surface area contributed by atoms with E-state index in [1.807, 2.05) is 0 Å². The van der Waals surface area contributed by atoms with Crippen LogP contribution in [0.1, 0.15) is 12.8 Å². The van der Waals surface area contributed by atoms with Crippen molar-refractivity contribution >= 4 is 45.0 Å². The Morgan fingerprint density at radius 2 is 2.14 bits per heavy atom. The first-order valence-corrected chi connectivity index (χ1v) is 7.49. The van der Waals surface area contributed by atoms with E-state index in [-0.39, 0.29) is 11.7 Å². The summed E-state index contributed by atoms with van der Waals surface area (Å²) in [5.74, 6) is -0.424. The molecular weight excluding hydrogens is 362 g/mol. The quantitative estimate of drug-likeness (QED) is 0.327. The standard InChI is InChI=1S/C13H15BrClN3O3/c14-9-7-8(1-2-10(9)15)17-12(19)13(11(16)18-20)3-5-21-6-4-13/h1-2,7,20H,3-6H2,(H2,16,18)(H,17,19). The van der Waals surface area contributed by atoms with Gasteiger partial charge in [-0.25, -0.2) is 0 Å². The van der Waals surface area contributed by atoms with Gasteiger partial charge >= 0.3 is 0 Å². The number of carbonyl (C=O) groups is 1. The monoisotopic (exact) mass is 375 g/mol. The van der Waals surface area contributed by atoms with Crippen molar-refractivity contribution < 1.29 is 14.7 Å². The number of amidine groups is 1. The molecule has 0 radical (unpaired) electrons. The molecule has 0 spiro atoms. The fourth-order valence-electron chi connectivity index (χ4n) is 2.24. The Labute approximate surface area is 135 Å². The first-order valence-electron chi connectivity index (χ1n) is 6.32. The Morgan fingerprint density at radius 1 is 1.48 bits per heavy atom. The number of hydrogen-bond donors (Lipinski definition) is 3. The Morgan fingerprint density at radius 3 is 2.71 bits per heavy atom. The Bertz CT molecular complexity index is 574. The molecule has 114 valence electrons. The molecule has 1 aromatic carbocycles. The van der Waals surface area contributed by atoms with Crippen LogP contribution in [0.15, 0.2) is 27.8 Å². The number of nitrogens with one attached hydrogen (secondary N) is 1. The van der Waals surface area contributed by atoms with E-state index in [0.29, 0.717) is 41.2 Å². The first-order chi connectivity index (χ1) is 9.99. The second-order valence-corrected chi connectivity index (χ2v) is 6.02. The summed E-state index contributed by atoms with van der Waals surface area (Å²) >= 11 is 9.21. The average molecular weight is 377 g/mol. The van der Waals surface area contributed by atoms with Crippen LogP contribution in [-0.2, 0) is 9.53 Å². The predicted molar refractivity (Wildman–Crippen MR) is 83.7 cm³/mol. The zero-order valence-electron chi connectivity index (χ0n) is 11.1. The summed E-state index contributed by atoms with van der Waals surface area (Å²) in [6.45, 7) is 0.766. The fraction of sp³-hybridized carbons (Fsp3) is 0.385. The van der Waals surface area contributed by atoms with Crippen molar-refractivity contribution in [2.75, 3.05) is 18.5 Å². The molecule has 1 saturated heterocycles. The number of ether oxygens (including phenoxy) is 1. The van der Waals surface area contributed by atoms with E-state index in [1.54, 1.807) is 18.2 Å². The number of oxime groups is 1. The third-order valence-corrected chi connectivity index (χ3v) is 4.77. The van der Waals surface area contributed by atoms with Crippen LogP contribution in [0.25, 0.3) is 0 Å². The molecule has 0 aliphatic carbocycles. The summed E-state index contributed by atoms with van der Waals surface area (Å²) in [7, 11) is 0. The average Bonchev–Trinajstić information content (AvgIpc) is 2.50. The zero-order chi connectivity index (χ0) is 15.5. The summed E-state index contributed by atoms with van der Waals surface area (Å²) < 4.78 is 5.93. The topological polar surface area (TPSA) is 96.9 Å². The van der Waals surface area contributed by atoms with Gasteiger partial charge in [0.1, 0.15) is 5.41 Å². The van der Waals surface area contributed by atoms with Crippen molar-refractivity contribution in [2.45, 2.75) is 12.8 Å². The molecule has 21 heavy (non-hydrogen) atoms. The molecule has 1 aromatic rings. The van der Waals surface area contributed by atoms with Crippen molar-refractivity contribution in [3.05, 3.63) is 27.7 Å². The molecule has 0 atom stereocenters. The van der Waals surface area contributed by atoms with Crippen LogP contribution in [0, 0.1) is 5.41 Å². The summed E-state index contributed by atoms with van der Waals surface area (Å²) in [6.07, 6.45) is 0.729. The van der Waals surface area contributed by atoms with Crippen LogP contribution < -0.4 is 11.1 Å². The summed E-state index contributed by atoms with van der Waals surface area (Å²) in [5.41, 5.74) is 5.26. The van der Waals surface area contributed by atoms with E-state index in [1.165, 1.54) is 0 Å². The van der Waals surface area contributed by atoms with Crippen molar-refractivity contribution in [1.29, 1.82) is 0 Å². The zero-order valence-corrected chi connectivity index (χ0v) is 13.4. The lowest BCUT2D eigenvalue weighted by atomic mass is 9.78. The highest BCUT2D eigenvalue weighted by molar-refractivity contribution is 9.10. The maximum atomic E-state index is 12.6. The van der Waals surface area contributed by atoms with Gasteiger partial charge in [0.15, 0.2) is 5.84 Å². The van der Waals surface area contributed by atoms with Gasteiger partial charge in [-0.3, -0.25) is 4.79 Å². The summed E-state index contributed by atoms with van der Waals surface area (Å²) in [6, 6.07) is 5.05. The van der Waals surface area contributed by atoms with Crippen LogP contribution in [0.4, 0.5) is 5.69 Å². The minimum absolute atomic E-state index is 0.101. The second kappa shape index (κ2) is 6.64. The SMILES string of the molecule is N/C(=N/O)C1(C(=O)Nc2ccc(Cl)c(Br)c2)CCOCC1. The van der Waals surface area contributed by atoms with E-state index in [9.17, 15) is 4.79 Å². The van der Waals surface area contributed by atoms with Crippen LogP contribution in [0.2, 0.25) is 5.02 Å². The smallest absolute Gasteiger partial charge is 0.238 e. The van der Waals surface area contributed by atoms with Gasteiger partial charge in [-0.05, 0) is 47.0 Å². The van der Waals surface area contributed by atoms with Crippen LogP contribution >= 0.6 is 27.5 Å². The minimum Gasteiger partial charge on any atom is -0.409 e. The maximum absolute atomic E-state index is 12.6. The Kier molecular flexibility index (Phi) is 5.08. The summed E-state index contributed by atoms with van der Waals surface area (Å²) in [5, 5.41) is 15.3. The molecular formula is C13H15BrClN3O3. The van der Waals surface area contributed by atoms with Crippen LogP contribution in [0.3, 0.4) is 0 Å². The van der Waals surface area contributed by atoms with E-state index < -0.39 is 5.41 Å². The largest absolute Gasteiger partial charge is 0.409 e. The number of nitrogens with zero attached hydrogens (tertiary/aromatic N) is 1. The van der Waals surface area contributed by atoms with Gasteiger partial charge in [0, 0.05) is 23.4 Å². The number of nitrogens with two attached hydrogens (primary N) is 1. The number of halogens is 2. The molecule has 1 aliphatic heterocycles. The number of hydrogen-bond acceptors (Lipinski definition) is 4. The predicted octanol–water partition coefficient (Wildman–Crippen LogP) is 2.58. The molecule has 1 heterocycles. The van der Waals surface area contributed by atoms with Gasteiger partial charge in [0.2, 0.25) is 5.91 Å². The second-order valence-electron chi connectivity index (χ2n) is 4.76. The van der Waals surface area contributed by atoms with Crippen LogP contribution in [-0.4, -0.2) is 30.2 Å². The number of carbonyl (C=O) groups excluding carboxylic acids is 1. The van der Waals surface area contributed by atoms with E-state index in [4.69, 9.17) is 27.3 Å². The third kappa shape index (κ3) is 3.30. The van der Waals surface area contributed by atoms with E-state index in [2.05, 4.69) is 26.4 Å². The highest BCUT2D eigenvalue weighted by Gasteiger charge is 2.44. The molecule has 0 unspecified atom stereocenters. The number of benzene rings is 1. The highest BCUT2D eigenvalue weighted by atomic mass is 79.9. The molecule has 4 N–H and O–H groups in total. The molecule has 0 bridgehead atoms. The van der Waals surface area contributed by atoms with Gasteiger partial charge in [0.05, 0.1) is 5.02 Å². The highest BCUT2D eigenvalue weighted by Crippen LogP contribution is 2.33. The minimum atomic E-state index is -1.06. The Hall–Kier alpha value is -1.31. The molecule has 1 fully saturated rings. The molecule has 1 aliphatic rings. The molecule has 2 rings (SSSR count). The lowest BCUT2D eigenvalue weighted by molar-refractivity contribution is -0.126. The van der Waals surface area contributed by atoms with Gasteiger partial charge in [-0.1, -0.05) is 16.8 Å². The number of anilines is 1. The molecule has 0 aromatic heterocycles. The Balaban J connectivity index is 2.24. The first kappa shape index (κ1) is 16.1. The summed E-state index contributed by atoms with van der Waals surface area (Å²) in [4.78, 5) is 12.6. The fourth-order valence-corrected chi connectivity index (χ4v) is 2.74. The lowest BCUT2D eigenvalue weighted by Gasteiger charge is -2.34. The van der Waals surface area contributed by atoms with Crippen molar-refractivity contribution in [3.63, 3.8) is 0 Å². The van der Waals surface area contributed by atoms with Crippen molar-refractivity contribution in [1.82, 2.24) is 0 Å².